The molecule has 1 N–H and O–H groups in total. The van der Waals surface area contributed by atoms with Gasteiger partial charge in [0.05, 0.1) is 11.1 Å². The summed E-state index contributed by atoms with van der Waals surface area (Å²) in [5.41, 5.74) is -1.70. The maximum atomic E-state index is 12.9. The monoisotopic (exact) mass is 408 g/mol. The second-order valence-corrected chi connectivity index (χ2v) is 5.93. The summed E-state index contributed by atoms with van der Waals surface area (Å²) in [4.78, 5) is 0. The number of nitriles is 1. The smallest absolute Gasteiger partial charge is 0.196 e. The third-order valence-electron chi connectivity index (χ3n) is 3.89. The zero-order valence-electron chi connectivity index (χ0n) is 14.3. The van der Waals surface area contributed by atoms with Gasteiger partial charge in [-0.05, 0) is 35.4 Å². The molecular weight excluding hydrogens is 398 g/mol. The zero-order valence-corrected chi connectivity index (χ0v) is 14.3. The quantitative estimate of drug-likeness (QED) is 0.456. The van der Waals surface area contributed by atoms with E-state index in [2.05, 4.69) is 15.4 Å². The summed E-state index contributed by atoms with van der Waals surface area (Å²) in [6, 6.07) is 9.64. The van der Waals surface area contributed by atoms with Crippen molar-refractivity contribution in [1.82, 2.24) is 15.4 Å². The van der Waals surface area contributed by atoms with Crippen LogP contribution in [0.4, 0.5) is 26.3 Å². The van der Waals surface area contributed by atoms with Gasteiger partial charge in [0.2, 0.25) is 0 Å². The number of alkyl halides is 6. The van der Waals surface area contributed by atoms with E-state index in [-0.39, 0.29) is 23.0 Å². The largest absolute Gasteiger partial charge is 0.416 e. The molecule has 3 aromatic rings. The molecule has 1 aromatic heterocycles. The molecule has 0 unspecified atom stereocenters. The van der Waals surface area contributed by atoms with E-state index in [4.69, 9.17) is 5.26 Å². The van der Waals surface area contributed by atoms with Crippen molar-refractivity contribution in [3.63, 3.8) is 0 Å². The van der Waals surface area contributed by atoms with Crippen LogP contribution in [0.2, 0.25) is 0 Å². The Morgan fingerprint density at radius 3 is 2.03 bits per heavy atom. The average molecular weight is 408 g/mol. The normalized spacial score (nSPS) is 12.3. The molecule has 0 saturated heterocycles. The zero-order chi connectivity index (χ0) is 21.2. The summed E-state index contributed by atoms with van der Waals surface area (Å²) in [6.45, 7) is 0. The van der Waals surface area contributed by atoms with E-state index in [0.717, 1.165) is 6.08 Å². The third kappa shape index (κ3) is 4.63. The van der Waals surface area contributed by atoms with Crippen LogP contribution in [-0.4, -0.2) is 15.4 Å². The predicted octanol–water partition coefficient (Wildman–Crippen LogP) is 5.55. The number of H-pyrrole nitrogens is 1. The number of benzene rings is 2. The van der Waals surface area contributed by atoms with Gasteiger partial charge in [0, 0.05) is 5.56 Å². The number of aromatic nitrogens is 3. The molecule has 0 aliphatic heterocycles. The average Bonchev–Trinajstić information content (AvgIpc) is 3.14. The lowest BCUT2D eigenvalue weighted by molar-refractivity contribution is -0.143. The highest BCUT2D eigenvalue weighted by Crippen LogP contribution is 2.36. The molecule has 4 nitrogen and oxygen atoms in total. The number of halogens is 6. The molecule has 148 valence electrons. The van der Waals surface area contributed by atoms with Crippen molar-refractivity contribution >= 4 is 12.2 Å². The first-order valence-electron chi connectivity index (χ1n) is 7.97. The maximum Gasteiger partial charge on any atom is 0.416 e. The topological polar surface area (TPSA) is 65.4 Å². The Morgan fingerprint density at radius 2 is 1.45 bits per heavy atom. The van der Waals surface area contributed by atoms with Crippen LogP contribution in [0.15, 0.2) is 42.5 Å². The van der Waals surface area contributed by atoms with E-state index in [1.807, 2.05) is 6.07 Å². The maximum absolute atomic E-state index is 12.9. The van der Waals surface area contributed by atoms with E-state index in [0.29, 0.717) is 23.3 Å². The lowest BCUT2D eigenvalue weighted by Crippen LogP contribution is -2.11. The molecule has 0 radical (unpaired) electrons. The molecule has 0 bridgehead atoms. The van der Waals surface area contributed by atoms with Gasteiger partial charge in [0.1, 0.15) is 11.8 Å². The number of hydrogen-bond donors (Lipinski definition) is 1. The van der Waals surface area contributed by atoms with Crippen LogP contribution in [0, 0.1) is 11.3 Å². The lowest BCUT2D eigenvalue weighted by atomic mass is 10.0. The SMILES string of the molecule is N#Cc1n[nH]nc1-c1cccc(/C=C\c2cc(C(F)(F)F)cc(C(F)(F)F)c2)c1. The van der Waals surface area contributed by atoms with Gasteiger partial charge in [-0.1, -0.05) is 30.4 Å². The highest BCUT2D eigenvalue weighted by atomic mass is 19.4. The molecule has 1 heterocycles. The van der Waals surface area contributed by atoms with Crippen LogP contribution in [0.1, 0.15) is 27.9 Å². The minimum absolute atomic E-state index is 0.0545. The standard InChI is InChI=1S/C19H10F6N4/c20-18(21,22)14-7-12(8-15(9-14)19(23,24)25)5-4-11-2-1-3-13(6-11)17-16(10-26)27-29-28-17/h1-9H,(H,27,28,29)/b5-4-. The predicted molar refractivity (Wildman–Crippen MR) is 91.9 cm³/mol. The number of nitrogens with zero attached hydrogens (tertiary/aromatic N) is 3. The van der Waals surface area contributed by atoms with Crippen molar-refractivity contribution in [2.24, 2.45) is 0 Å². The van der Waals surface area contributed by atoms with Gasteiger partial charge in [-0.25, -0.2) is 0 Å². The molecule has 0 amide bonds. The highest BCUT2D eigenvalue weighted by Gasteiger charge is 2.36. The Hall–Kier alpha value is -3.61. The van der Waals surface area contributed by atoms with Gasteiger partial charge in [-0.3, -0.25) is 0 Å². The molecule has 29 heavy (non-hydrogen) atoms. The molecule has 2 aromatic carbocycles. The first-order valence-corrected chi connectivity index (χ1v) is 7.97. The van der Waals surface area contributed by atoms with Gasteiger partial charge in [-0.2, -0.15) is 41.9 Å². The summed E-state index contributed by atoms with van der Waals surface area (Å²) < 4.78 is 77.7. The molecule has 0 aliphatic rings. The fourth-order valence-electron chi connectivity index (χ4n) is 2.57. The Balaban J connectivity index is 1.98. The highest BCUT2D eigenvalue weighted by molar-refractivity contribution is 5.74. The van der Waals surface area contributed by atoms with Gasteiger partial charge >= 0.3 is 12.4 Å². The van der Waals surface area contributed by atoms with Crippen molar-refractivity contribution in [2.45, 2.75) is 12.4 Å². The molecule has 0 fully saturated rings. The van der Waals surface area contributed by atoms with E-state index in [1.165, 1.54) is 6.08 Å². The fourth-order valence-corrected chi connectivity index (χ4v) is 2.57. The lowest BCUT2D eigenvalue weighted by Gasteiger charge is -2.13. The van der Waals surface area contributed by atoms with E-state index < -0.39 is 23.5 Å². The van der Waals surface area contributed by atoms with Gasteiger partial charge in [-0.15, -0.1) is 5.10 Å². The summed E-state index contributed by atoms with van der Waals surface area (Å²) >= 11 is 0. The van der Waals surface area contributed by atoms with Crippen molar-refractivity contribution in [3.8, 4) is 17.3 Å². The van der Waals surface area contributed by atoms with Crippen molar-refractivity contribution < 1.29 is 26.3 Å². The number of hydrogen-bond acceptors (Lipinski definition) is 3. The Labute approximate surface area is 160 Å². The van der Waals surface area contributed by atoms with Crippen molar-refractivity contribution in [3.05, 3.63) is 70.4 Å². The Kier molecular flexibility index (Phi) is 5.16. The van der Waals surface area contributed by atoms with Gasteiger partial charge in [0.25, 0.3) is 0 Å². The van der Waals surface area contributed by atoms with Crippen molar-refractivity contribution in [2.75, 3.05) is 0 Å². The second kappa shape index (κ2) is 7.43. The molecule has 3 rings (SSSR count). The second-order valence-electron chi connectivity index (χ2n) is 5.93. The summed E-state index contributed by atoms with van der Waals surface area (Å²) in [6.07, 6.45) is -7.31. The Morgan fingerprint density at radius 1 is 0.828 bits per heavy atom. The van der Waals surface area contributed by atoms with Crippen LogP contribution < -0.4 is 0 Å². The van der Waals surface area contributed by atoms with E-state index in [1.54, 1.807) is 24.3 Å². The van der Waals surface area contributed by atoms with Crippen LogP contribution in [-0.2, 0) is 12.4 Å². The van der Waals surface area contributed by atoms with Crippen molar-refractivity contribution in [1.29, 1.82) is 5.26 Å². The number of aromatic amines is 1. The number of nitrogens with one attached hydrogen (secondary N) is 1. The fraction of sp³-hybridized carbons (Fsp3) is 0.105. The van der Waals surface area contributed by atoms with Crippen LogP contribution >= 0.6 is 0 Å². The molecule has 10 heteroatoms. The first-order chi connectivity index (χ1) is 13.6. The summed E-state index contributed by atoms with van der Waals surface area (Å²) in [5, 5.41) is 18.8. The minimum Gasteiger partial charge on any atom is -0.196 e. The molecule has 0 saturated carbocycles. The molecule has 0 atom stereocenters. The van der Waals surface area contributed by atoms with Crippen LogP contribution in [0.3, 0.4) is 0 Å². The summed E-state index contributed by atoms with van der Waals surface area (Å²) in [5.74, 6) is 0. The third-order valence-corrected chi connectivity index (χ3v) is 3.89. The van der Waals surface area contributed by atoms with E-state index >= 15 is 0 Å². The van der Waals surface area contributed by atoms with Crippen LogP contribution in [0.25, 0.3) is 23.4 Å². The molecular formula is C19H10F6N4. The number of rotatable bonds is 3. The Bertz CT molecular complexity index is 1070. The van der Waals surface area contributed by atoms with Gasteiger partial charge < -0.3 is 0 Å². The van der Waals surface area contributed by atoms with Crippen LogP contribution in [0.5, 0.6) is 0 Å². The van der Waals surface area contributed by atoms with E-state index in [9.17, 15) is 26.3 Å². The molecule has 0 aliphatic carbocycles. The minimum atomic E-state index is -4.91. The molecule has 0 spiro atoms. The summed E-state index contributed by atoms with van der Waals surface area (Å²) in [7, 11) is 0. The van der Waals surface area contributed by atoms with Gasteiger partial charge in [0.15, 0.2) is 5.69 Å². The first kappa shape index (κ1) is 20.1.